The summed E-state index contributed by atoms with van der Waals surface area (Å²) in [6.07, 6.45) is 13.9. The molecule has 0 saturated heterocycles. The topological polar surface area (TPSA) is 188 Å². The molecule has 1 aromatic rings. The average molecular weight is 703 g/mol. The van der Waals surface area contributed by atoms with Crippen molar-refractivity contribution in [1.29, 1.82) is 0 Å². The van der Waals surface area contributed by atoms with E-state index in [1.165, 1.54) is 50.2 Å². The van der Waals surface area contributed by atoms with Crippen LogP contribution in [0.15, 0.2) is 24.3 Å². The molecule has 1 saturated carbocycles. The minimum absolute atomic E-state index is 0.0173. The first kappa shape index (κ1) is 49.5. The lowest BCUT2D eigenvalue weighted by Gasteiger charge is -2.26. The zero-order valence-electron chi connectivity index (χ0n) is 31.2. The molecule has 10 nitrogen and oxygen atoms in total. The van der Waals surface area contributed by atoms with E-state index in [1.807, 2.05) is 0 Å². The lowest BCUT2D eigenvalue weighted by Crippen LogP contribution is -2.16. The molecule has 0 radical (unpaired) electrons. The summed E-state index contributed by atoms with van der Waals surface area (Å²) >= 11 is 0. The Bertz CT molecular complexity index is 814. The van der Waals surface area contributed by atoms with Crippen molar-refractivity contribution in [2.24, 2.45) is 35.5 Å². The molecule has 10 heteroatoms. The third kappa shape index (κ3) is 29.8. The molecular weight excluding hydrogens is 628 g/mol. The van der Waals surface area contributed by atoms with Gasteiger partial charge in [0, 0.05) is 83.5 Å². The first-order valence-corrected chi connectivity index (χ1v) is 18.6. The minimum Gasteiger partial charge on any atom is -0.466 e. The molecule has 0 amide bonds. The normalized spacial score (nSPS) is 15.7. The molecule has 0 aliphatic heterocycles. The van der Waals surface area contributed by atoms with Crippen LogP contribution in [0.2, 0.25) is 0 Å². The van der Waals surface area contributed by atoms with Crippen LogP contribution < -0.4 is 0 Å². The van der Waals surface area contributed by atoms with E-state index >= 15 is 0 Å². The molecule has 2 rings (SSSR count). The van der Waals surface area contributed by atoms with Gasteiger partial charge in [0.15, 0.2) is 0 Å². The average Bonchev–Trinajstić information content (AvgIpc) is 3.12. The molecule has 0 atom stereocenters. The van der Waals surface area contributed by atoms with Crippen LogP contribution in [0.5, 0.6) is 0 Å². The second-order valence-electron chi connectivity index (χ2n) is 13.8. The van der Waals surface area contributed by atoms with E-state index in [0.717, 1.165) is 50.4 Å². The Morgan fingerprint density at radius 2 is 1.10 bits per heavy atom. The third-order valence-corrected chi connectivity index (χ3v) is 9.17. The van der Waals surface area contributed by atoms with Gasteiger partial charge in [0.2, 0.25) is 0 Å². The van der Waals surface area contributed by atoms with Crippen molar-refractivity contribution < 1.29 is 50.4 Å². The highest BCUT2D eigenvalue weighted by molar-refractivity contribution is 5.65. The molecule has 8 N–H and O–H groups in total. The molecule has 1 fully saturated rings. The van der Waals surface area contributed by atoms with Crippen LogP contribution in [-0.4, -0.2) is 106 Å². The fourth-order valence-electron chi connectivity index (χ4n) is 5.26. The first-order chi connectivity index (χ1) is 23.6. The van der Waals surface area contributed by atoms with E-state index in [1.54, 1.807) is 0 Å². The van der Waals surface area contributed by atoms with Crippen LogP contribution in [0.3, 0.4) is 0 Å². The number of esters is 1. The summed E-state index contributed by atoms with van der Waals surface area (Å²) in [4.78, 5) is 10.3. The van der Waals surface area contributed by atoms with Crippen LogP contribution >= 0.6 is 0 Å². The van der Waals surface area contributed by atoms with E-state index in [-0.39, 0.29) is 82.5 Å². The van der Waals surface area contributed by atoms with Crippen LogP contribution in [0, 0.1) is 42.4 Å². The van der Waals surface area contributed by atoms with Crippen molar-refractivity contribution in [3.05, 3.63) is 35.4 Å². The highest BCUT2D eigenvalue weighted by atomic mass is 16.5. The Balaban J connectivity index is 0. The minimum atomic E-state index is -0.292. The van der Waals surface area contributed by atoms with Gasteiger partial charge in [0.25, 0.3) is 0 Å². The smallest absolute Gasteiger partial charge is 0.302 e. The van der Waals surface area contributed by atoms with Crippen LogP contribution in [-0.2, 0) is 16.0 Å². The zero-order chi connectivity index (χ0) is 37.3. The summed E-state index contributed by atoms with van der Waals surface area (Å²) in [6.45, 7) is 8.85. The highest BCUT2D eigenvalue weighted by Crippen LogP contribution is 2.31. The van der Waals surface area contributed by atoms with Crippen molar-refractivity contribution in [3.63, 3.8) is 0 Å². The summed E-state index contributed by atoms with van der Waals surface area (Å²) in [5.74, 6) is 1.65. The number of rotatable bonds is 21. The largest absolute Gasteiger partial charge is 0.466 e. The molecule has 0 unspecified atom stereocenters. The first-order valence-electron chi connectivity index (χ1n) is 18.6. The molecule has 0 aromatic heterocycles. The van der Waals surface area contributed by atoms with Crippen molar-refractivity contribution in [3.8, 4) is 0 Å². The number of aliphatic hydroxyl groups is 8. The Morgan fingerprint density at radius 1 is 0.673 bits per heavy atom. The van der Waals surface area contributed by atoms with Gasteiger partial charge in [0.05, 0.1) is 6.61 Å². The van der Waals surface area contributed by atoms with E-state index in [2.05, 4.69) is 49.8 Å². The molecule has 1 aromatic carbocycles. The van der Waals surface area contributed by atoms with Gasteiger partial charge in [-0.25, -0.2) is 0 Å². The second-order valence-corrected chi connectivity index (χ2v) is 13.8. The van der Waals surface area contributed by atoms with E-state index in [9.17, 15) is 4.79 Å². The molecule has 1 aliphatic rings. The molecular formula is C39H74O10. The third-order valence-electron chi connectivity index (χ3n) is 9.17. The van der Waals surface area contributed by atoms with Gasteiger partial charge in [-0.05, 0) is 62.8 Å². The molecule has 0 bridgehead atoms. The molecule has 290 valence electrons. The van der Waals surface area contributed by atoms with Crippen molar-refractivity contribution in [1.82, 2.24) is 0 Å². The van der Waals surface area contributed by atoms with Gasteiger partial charge >= 0.3 is 5.97 Å². The maximum atomic E-state index is 10.3. The van der Waals surface area contributed by atoms with Gasteiger partial charge in [-0.2, -0.15) is 0 Å². The van der Waals surface area contributed by atoms with Gasteiger partial charge < -0.3 is 45.6 Å². The van der Waals surface area contributed by atoms with Crippen LogP contribution in [0.25, 0.3) is 0 Å². The molecule has 0 heterocycles. The standard InChI is InChI=1S/C12H24O2.C12H18O2.C8H16O4.C7H16O2/c2*1-10-2-4-11(5-3-10)6-7-12(8-13)9-14;1-7(11)12-4-2-3-8(5-9)6-10;1-2-3-4-7(5-8)6-9/h10-14H,2-9H2,1H3;2-5,12-14H,6-9H2,1H3;8-10H,2-6H2,1H3;7-9H,2-6H2,1H3. The molecule has 49 heavy (non-hydrogen) atoms. The fraction of sp³-hybridized carbons (Fsp3) is 0.821. The van der Waals surface area contributed by atoms with E-state index in [0.29, 0.717) is 19.4 Å². The lowest BCUT2D eigenvalue weighted by atomic mass is 9.80. The van der Waals surface area contributed by atoms with Crippen molar-refractivity contribution in [2.45, 2.75) is 111 Å². The fourth-order valence-corrected chi connectivity index (χ4v) is 5.26. The predicted molar refractivity (Wildman–Crippen MR) is 196 cm³/mol. The van der Waals surface area contributed by atoms with Gasteiger partial charge in [-0.15, -0.1) is 0 Å². The van der Waals surface area contributed by atoms with E-state index in [4.69, 9.17) is 40.9 Å². The maximum Gasteiger partial charge on any atom is 0.302 e. The van der Waals surface area contributed by atoms with Crippen LogP contribution in [0.4, 0.5) is 0 Å². The number of carbonyl (C=O) groups excluding carboxylic acids is 1. The van der Waals surface area contributed by atoms with E-state index < -0.39 is 0 Å². The number of benzene rings is 1. The summed E-state index contributed by atoms with van der Waals surface area (Å²) in [7, 11) is 0. The lowest BCUT2D eigenvalue weighted by molar-refractivity contribution is -0.141. The number of aryl methyl sites for hydroxylation is 2. The highest BCUT2D eigenvalue weighted by Gasteiger charge is 2.19. The maximum absolute atomic E-state index is 10.3. The van der Waals surface area contributed by atoms with Crippen LogP contribution in [0.1, 0.15) is 109 Å². The Morgan fingerprint density at radius 3 is 1.53 bits per heavy atom. The predicted octanol–water partition coefficient (Wildman–Crippen LogP) is 4.43. The van der Waals surface area contributed by atoms with Gasteiger partial charge in [-0.3, -0.25) is 4.79 Å². The summed E-state index contributed by atoms with van der Waals surface area (Å²) in [5, 5.41) is 70.2. The number of ether oxygens (including phenoxy) is 1. The van der Waals surface area contributed by atoms with Crippen molar-refractivity contribution >= 4 is 5.97 Å². The molecule has 1 aliphatic carbocycles. The number of unbranched alkanes of at least 4 members (excludes halogenated alkanes) is 1. The monoisotopic (exact) mass is 703 g/mol. The van der Waals surface area contributed by atoms with Gasteiger partial charge in [-0.1, -0.05) is 88.6 Å². The second kappa shape index (κ2) is 34.8. The summed E-state index contributed by atoms with van der Waals surface area (Å²) in [6, 6.07) is 8.37. The number of hydrogen-bond acceptors (Lipinski definition) is 10. The van der Waals surface area contributed by atoms with Gasteiger partial charge in [0.1, 0.15) is 0 Å². The number of aliphatic hydroxyl groups excluding tert-OH is 8. The Kier molecular flexibility index (Phi) is 35.1. The Labute approximate surface area is 297 Å². The SMILES string of the molecule is CC(=O)OCCCC(CO)CO.CC1CCC(CCC(CO)CO)CC1.CCCCC(CO)CO.Cc1ccc(CCC(CO)CO)cc1. The number of carbonyl (C=O) groups is 1. The summed E-state index contributed by atoms with van der Waals surface area (Å²) in [5.41, 5.74) is 2.53. The van der Waals surface area contributed by atoms with Crippen molar-refractivity contribution in [2.75, 3.05) is 59.5 Å². The number of hydrogen-bond donors (Lipinski definition) is 8. The zero-order valence-corrected chi connectivity index (χ0v) is 31.2. The quantitative estimate of drug-likeness (QED) is 0.0673. The summed E-state index contributed by atoms with van der Waals surface area (Å²) < 4.78 is 4.68. The molecule has 0 spiro atoms. The Hall–Kier alpha value is -1.63.